The van der Waals surface area contributed by atoms with E-state index in [1.54, 1.807) is 29.2 Å². The zero-order chi connectivity index (χ0) is 16.7. The molecule has 4 nitrogen and oxygen atoms in total. The van der Waals surface area contributed by atoms with E-state index in [0.29, 0.717) is 30.2 Å². The minimum absolute atomic E-state index is 0.193. The summed E-state index contributed by atoms with van der Waals surface area (Å²) in [7, 11) is 0. The molecule has 0 radical (unpaired) electrons. The maximum atomic E-state index is 12.6. The van der Waals surface area contributed by atoms with Crippen LogP contribution in [0.5, 0.6) is 0 Å². The average Bonchev–Trinajstić information content (AvgIpc) is 3.04. The molecule has 1 fully saturated rings. The molecule has 0 spiro atoms. The van der Waals surface area contributed by atoms with Gasteiger partial charge >= 0.3 is 5.97 Å². The van der Waals surface area contributed by atoms with Gasteiger partial charge in [0.1, 0.15) is 6.04 Å². The molecule has 1 saturated heterocycles. The molecule has 0 aromatic heterocycles. The second-order valence-electron chi connectivity index (χ2n) is 5.86. The first-order valence-corrected chi connectivity index (χ1v) is 8.75. The molecule has 5 heteroatoms. The Bertz CT molecular complexity index is 547. The number of amides is 1. The predicted molar refractivity (Wildman–Crippen MR) is 90.6 cm³/mol. The fourth-order valence-corrected chi connectivity index (χ4v) is 3.06. The highest BCUT2D eigenvalue weighted by molar-refractivity contribution is 6.33. The summed E-state index contributed by atoms with van der Waals surface area (Å²) in [4.78, 5) is 26.5. The van der Waals surface area contributed by atoms with Crippen LogP contribution in [0.15, 0.2) is 24.3 Å². The number of halogens is 1. The molecule has 0 aliphatic carbocycles. The number of carbonyl (C=O) groups is 2. The van der Waals surface area contributed by atoms with E-state index < -0.39 is 6.04 Å². The highest BCUT2D eigenvalue weighted by Gasteiger charge is 2.36. The number of nitrogens with zero attached hydrogens (tertiary/aromatic N) is 1. The van der Waals surface area contributed by atoms with E-state index in [1.165, 1.54) is 0 Å². The summed E-state index contributed by atoms with van der Waals surface area (Å²) in [5.41, 5.74) is 0.441. The van der Waals surface area contributed by atoms with Gasteiger partial charge in [-0.25, -0.2) is 4.79 Å². The van der Waals surface area contributed by atoms with Crippen LogP contribution < -0.4 is 0 Å². The number of unbranched alkanes of at least 4 members (excludes halogenated alkanes) is 3. The lowest BCUT2D eigenvalue weighted by Crippen LogP contribution is -2.41. The van der Waals surface area contributed by atoms with Crippen molar-refractivity contribution < 1.29 is 14.3 Å². The largest absolute Gasteiger partial charge is 0.464 e. The van der Waals surface area contributed by atoms with E-state index in [1.807, 2.05) is 0 Å². The molecular weight excluding hydrogens is 314 g/mol. The Morgan fingerprint density at radius 1 is 1.26 bits per heavy atom. The summed E-state index contributed by atoms with van der Waals surface area (Å²) < 4.78 is 5.35. The SMILES string of the molecule is CCCCCCOC(=O)C1CCCN1C(=O)c1ccccc1Cl. The van der Waals surface area contributed by atoms with Crippen molar-refractivity contribution >= 4 is 23.5 Å². The summed E-state index contributed by atoms with van der Waals surface area (Å²) in [6.07, 6.45) is 5.71. The molecule has 1 aliphatic rings. The molecule has 1 aliphatic heterocycles. The van der Waals surface area contributed by atoms with Gasteiger partial charge in [0.25, 0.3) is 5.91 Å². The Hall–Kier alpha value is -1.55. The second kappa shape index (κ2) is 8.92. The minimum atomic E-state index is -0.482. The van der Waals surface area contributed by atoms with Gasteiger partial charge in [0.15, 0.2) is 0 Å². The Morgan fingerprint density at radius 3 is 2.78 bits per heavy atom. The fourth-order valence-electron chi connectivity index (χ4n) is 2.84. The van der Waals surface area contributed by atoms with Crippen LogP contribution in [0.4, 0.5) is 0 Å². The third-order valence-corrected chi connectivity index (χ3v) is 4.46. The fraction of sp³-hybridized carbons (Fsp3) is 0.556. The van der Waals surface area contributed by atoms with Gasteiger partial charge in [-0.3, -0.25) is 4.79 Å². The van der Waals surface area contributed by atoms with E-state index in [0.717, 1.165) is 32.1 Å². The molecule has 1 aromatic rings. The summed E-state index contributed by atoms with van der Waals surface area (Å²) in [6.45, 7) is 3.14. The van der Waals surface area contributed by atoms with E-state index in [2.05, 4.69) is 6.92 Å². The molecule has 0 saturated carbocycles. The topological polar surface area (TPSA) is 46.6 Å². The van der Waals surface area contributed by atoms with Crippen LogP contribution in [0, 0.1) is 0 Å². The van der Waals surface area contributed by atoms with Gasteiger partial charge in [-0.15, -0.1) is 0 Å². The number of esters is 1. The molecule has 1 aromatic carbocycles. The predicted octanol–water partition coefficient (Wildman–Crippen LogP) is 4.07. The third-order valence-electron chi connectivity index (χ3n) is 4.13. The number of hydrogen-bond donors (Lipinski definition) is 0. The number of carbonyl (C=O) groups excluding carboxylic acids is 2. The van der Waals surface area contributed by atoms with Crippen LogP contribution in [-0.2, 0) is 9.53 Å². The lowest BCUT2D eigenvalue weighted by molar-refractivity contribution is -0.148. The average molecular weight is 338 g/mol. The van der Waals surface area contributed by atoms with Crippen LogP contribution in [0.1, 0.15) is 55.8 Å². The molecule has 126 valence electrons. The van der Waals surface area contributed by atoms with Gasteiger partial charge in [0.2, 0.25) is 0 Å². The monoisotopic (exact) mass is 337 g/mol. The van der Waals surface area contributed by atoms with Crippen molar-refractivity contribution in [3.8, 4) is 0 Å². The standard InChI is InChI=1S/C18H24ClNO3/c1-2-3-4-7-13-23-18(22)16-11-8-12-20(16)17(21)14-9-5-6-10-15(14)19/h5-6,9-10,16H,2-4,7-8,11-13H2,1H3. The molecule has 0 N–H and O–H groups in total. The Kier molecular flexibility index (Phi) is 6.90. The normalized spacial score (nSPS) is 17.3. The van der Waals surface area contributed by atoms with Gasteiger partial charge in [-0.1, -0.05) is 49.9 Å². The van der Waals surface area contributed by atoms with Gasteiger partial charge in [0.05, 0.1) is 17.2 Å². The highest BCUT2D eigenvalue weighted by Crippen LogP contribution is 2.24. The smallest absolute Gasteiger partial charge is 0.328 e. The first kappa shape index (κ1) is 17.8. The first-order valence-electron chi connectivity index (χ1n) is 8.37. The van der Waals surface area contributed by atoms with Crippen LogP contribution in [0.3, 0.4) is 0 Å². The highest BCUT2D eigenvalue weighted by atomic mass is 35.5. The summed E-state index contributed by atoms with van der Waals surface area (Å²) in [5.74, 6) is -0.486. The molecule has 2 rings (SSSR count). The van der Waals surface area contributed by atoms with Crippen molar-refractivity contribution in [2.24, 2.45) is 0 Å². The van der Waals surface area contributed by atoms with Crippen molar-refractivity contribution in [2.45, 2.75) is 51.5 Å². The van der Waals surface area contributed by atoms with E-state index in [4.69, 9.17) is 16.3 Å². The minimum Gasteiger partial charge on any atom is -0.464 e. The number of ether oxygens (including phenoxy) is 1. The van der Waals surface area contributed by atoms with E-state index in [9.17, 15) is 9.59 Å². The Labute approximate surface area is 142 Å². The summed E-state index contributed by atoms with van der Waals surface area (Å²) >= 11 is 6.09. The lowest BCUT2D eigenvalue weighted by atomic mass is 10.1. The van der Waals surface area contributed by atoms with Gasteiger partial charge in [-0.2, -0.15) is 0 Å². The van der Waals surface area contributed by atoms with Crippen molar-refractivity contribution in [3.63, 3.8) is 0 Å². The third kappa shape index (κ3) is 4.71. The molecule has 23 heavy (non-hydrogen) atoms. The molecule has 1 unspecified atom stereocenters. The molecule has 1 amide bonds. The Balaban J connectivity index is 1.93. The van der Waals surface area contributed by atoms with Crippen LogP contribution in [0.25, 0.3) is 0 Å². The maximum Gasteiger partial charge on any atom is 0.328 e. The number of rotatable bonds is 7. The van der Waals surface area contributed by atoms with Crippen molar-refractivity contribution in [2.75, 3.05) is 13.2 Å². The van der Waals surface area contributed by atoms with Crippen LogP contribution in [0.2, 0.25) is 5.02 Å². The van der Waals surface area contributed by atoms with Crippen molar-refractivity contribution in [1.29, 1.82) is 0 Å². The number of hydrogen-bond acceptors (Lipinski definition) is 3. The zero-order valence-corrected chi connectivity index (χ0v) is 14.3. The number of likely N-dealkylation sites (tertiary alicyclic amines) is 1. The Morgan fingerprint density at radius 2 is 2.04 bits per heavy atom. The zero-order valence-electron chi connectivity index (χ0n) is 13.6. The molecule has 1 atom stereocenters. The van der Waals surface area contributed by atoms with Gasteiger partial charge < -0.3 is 9.64 Å². The van der Waals surface area contributed by atoms with Crippen LogP contribution >= 0.6 is 11.6 Å². The molecule has 0 bridgehead atoms. The van der Waals surface area contributed by atoms with Crippen molar-refractivity contribution in [3.05, 3.63) is 34.9 Å². The van der Waals surface area contributed by atoms with E-state index >= 15 is 0 Å². The summed E-state index contributed by atoms with van der Waals surface area (Å²) in [6, 6.07) is 6.45. The second-order valence-corrected chi connectivity index (χ2v) is 6.27. The molecular formula is C18H24ClNO3. The quantitative estimate of drug-likeness (QED) is 0.556. The lowest BCUT2D eigenvalue weighted by Gasteiger charge is -2.23. The van der Waals surface area contributed by atoms with Crippen LogP contribution in [-0.4, -0.2) is 36.0 Å². The number of benzene rings is 1. The maximum absolute atomic E-state index is 12.6. The van der Waals surface area contributed by atoms with E-state index in [-0.39, 0.29) is 11.9 Å². The van der Waals surface area contributed by atoms with Crippen molar-refractivity contribution in [1.82, 2.24) is 4.90 Å². The molecule has 1 heterocycles. The van der Waals surface area contributed by atoms with Gasteiger partial charge in [0, 0.05) is 6.54 Å². The van der Waals surface area contributed by atoms with Gasteiger partial charge in [-0.05, 0) is 31.4 Å². The summed E-state index contributed by atoms with van der Waals surface area (Å²) in [5, 5.41) is 0.413. The first-order chi connectivity index (χ1) is 11.1.